The standard InChI is InChI=1S/C33H34ClN3O6/c1-22-30(31(35-43-22)27-9-4-5-10-28(27)34)32(38)37-17-15-36(16-18-37)20-29(25-7-6-8-26(19-25)40-2)42-21-23-11-13-24(14-12-23)33(39)41-3/h4-14,19,29H,15-18,20-21H2,1-3H3. The summed E-state index contributed by atoms with van der Waals surface area (Å²) >= 11 is 6.41. The van der Waals surface area contributed by atoms with Crippen molar-refractivity contribution in [2.45, 2.75) is 19.6 Å². The number of amides is 1. The van der Waals surface area contributed by atoms with Gasteiger partial charge in [-0.05, 0) is 48.4 Å². The van der Waals surface area contributed by atoms with Crippen LogP contribution in [0.2, 0.25) is 5.02 Å². The fraction of sp³-hybridized carbons (Fsp3) is 0.303. The van der Waals surface area contributed by atoms with E-state index in [9.17, 15) is 9.59 Å². The molecule has 1 atom stereocenters. The number of aryl methyl sites for hydroxylation is 1. The number of ether oxygens (including phenoxy) is 3. The van der Waals surface area contributed by atoms with Gasteiger partial charge in [0.2, 0.25) is 0 Å². The molecule has 0 N–H and O–H groups in total. The molecule has 0 saturated carbocycles. The third-order valence-electron chi connectivity index (χ3n) is 7.58. The summed E-state index contributed by atoms with van der Waals surface area (Å²) < 4.78 is 22.1. The van der Waals surface area contributed by atoms with Crippen molar-refractivity contribution in [3.8, 4) is 17.0 Å². The molecule has 1 aliphatic heterocycles. The Kier molecular flexibility index (Phi) is 9.76. The molecule has 1 aliphatic rings. The number of carbonyl (C=O) groups is 2. The van der Waals surface area contributed by atoms with E-state index in [2.05, 4.69) is 10.1 Å². The number of methoxy groups -OCH3 is 2. The molecule has 1 fully saturated rings. The third kappa shape index (κ3) is 7.07. The molecule has 4 aromatic rings. The van der Waals surface area contributed by atoms with Gasteiger partial charge in [0.15, 0.2) is 0 Å². The quantitative estimate of drug-likeness (QED) is 0.210. The molecular weight excluding hydrogens is 570 g/mol. The number of esters is 1. The van der Waals surface area contributed by atoms with Crippen molar-refractivity contribution in [2.75, 3.05) is 46.9 Å². The zero-order valence-corrected chi connectivity index (χ0v) is 25.2. The highest BCUT2D eigenvalue weighted by molar-refractivity contribution is 6.33. The van der Waals surface area contributed by atoms with Crippen LogP contribution in [0, 0.1) is 6.92 Å². The van der Waals surface area contributed by atoms with Gasteiger partial charge in [-0.2, -0.15) is 0 Å². The van der Waals surface area contributed by atoms with Crippen molar-refractivity contribution in [2.24, 2.45) is 0 Å². The highest BCUT2D eigenvalue weighted by atomic mass is 35.5. The van der Waals surface area contributed by atoms with E-state index in [0.29, 0.717) is 72.5 Å². The Morgan fingerprint density at radius 2 is 1.72 bits per heavy atom. The van der Waals surface area contributed by atoms with Gasteiger partial charge >= 0.3 is 5.97 Å². The Bertz CT molecular complexity index is 1560. The maximum atomic E-state index is 13.6. The molecule has 0 radical (unpaired) electrons. The van der Waals surface area contributed by atoms with Crippen LogP contribution in [0.5, 0.6) is 5.75 Å². The molecule has 5 rings (SSSR count). The zero-order chi connectivity index (χ0) is 30.3. The van der Waals surface area contributed by atoms with E-state index >= 15 is 0 Å². The van der Waals surface area contributed by atoms with Gasteiger partial charge in [-0.25, -0.2) is 4.79 Å². The minimum atomic E-state index is -0.376. The largest absolute Gasteiger partial charge is 0.497 e. The van der Waals surface area contributed by atoms with E-state index in [4.69, 9.17) is 30.3 Å². The first-order chi connectivity index (χ1) is 20.9. The molecule has 1 unspecified atom stereocenters. The topological polar surface area (TPSA) is 94.3 Å². The van der Waals surface area contributed by atoms with Gasteiger partial charge < -0.3 is 23.6 Å². The van der Waals surface area contributed by atoms with Gasteiger partial charge in [0.1, 0.15) is 22.8 Å². The summed E-state index contributed by atoms with van der Waals surface area (Å²) in [6.07, 6.45) is -0.246. The molecule has 224 valence electrons. The van der Waals surface area contributed by atoms with Crippen LogP contribution in [0.3, 0.4) is 0 Å². The van der Waals surface area contributed by atoms with Gasteiger partial charge in [-0.1, -0.05) is 59.2 Å². The predicted molar refractivity (Wildman–Crippen MR) is 162 cm³/mol. The molecule has 0 aliphatic carbocycles. The first-order valence-electron chi connectivity index (χ1n) is 14.0. The summed E-state index contributed by atoms with van der Waals surface area (Å²) in [7, 11) is 3.00. The molecule has 9 nitrogen and oxygen atoms in total. The number of hydrogen-bond acceptors (Lipinski definition) is 8. The first kappa shape index (κ1) is 30.3. The Balaban J connectivity index is 1.26. The van der Waals surface area contributed by atoms with E-state index in [1.165, 1.54) is 7.11 Å². The first-order valence-corrected chi connectivity index (χ1v) is 14.4. The number of hydrogen-bond donors (Lipinski definition) is 0. The SMILES string of the molecule is COC(=O)c1ccc(COC(CN2CCN(C(=O)c3c(-c4ccccc4Cl)noc3C)CC2)c2cccc(OC)c2)cc1. The molecule has 2 heterocycles. The second-order valence-corrected chi connectivity index (χ2v) is 10.7. The summed E-state index contributed by atoms with van der Waals surface area (Å²) in [6, 6.07) is 22.3. The number of aromatic nitrogens is 1. The molecule has 43 heavy (non-hydrogen) atoms. The van der Waals surface area contributed by atoms with Crippen molar-refractivity contribution in [1.29, 1.82) is 0 Å². The second-order valence-electron chi connectivity index (χ2n) is 10.3. The second kappa shape index (κ2) is 13.9. The van der Waals surface area contributed by atoms with E-state index in [0.717, 1.165) is 16.9 Å². The number of halogens is 1. The predicted octanol–water partition coefficient (Wildman–Crippen LogP) is 5.81. The summed E-state index contributed by atoms with van der Waals surface area (Å²) in [5.74, 6) is 0.721. The van der Waals surface area contributed by atoms with Crippen LogP contribution in [-0.4, -0.2) is 73.8 Å². The molecule has 3 aromatic carbocycles. The normalized spacial score (nSPS) is 14.4. The lowest BCUT2D eigenvalue weighted by Crippen LogP contribution is -2.49. The van der Waals surface area contributed by atoms with E-state index < -0.39 is 0 Å². The van der Waals surface area contributed by atoms with Gasteiger partial charge in [0.05, 0.1) is 37.5 Å². The van der Waals surface area contributed by atoms with Crippen LogP contribution >= 0.6 is 11.6 Å². The number of rotatable bonds is 10. The summed E-state index contributed by atoms with van der Waals surface area (Å²) in [6.45, 7) is 5.18. The molecule has 10 heteroatoms. The highest BCUT2D eigenvalue weighted by Gasteiger charge is 2.30. The number of benzene rings is 3. The molecule has 0 spiro atoms. The summed E-state index contributed by atoms with van der Waals surface area (Å²) in [4.78, 5) is 29.6. The van der Waals surface area contributed by atoms with Gasteiger partial charge in [0.25, 0.3) is 5.91 Å². The highest BCUT2D eigenvalue weighted by Crippen LogP contribution is 2.32. The third-order valence-corrected chi connectivity index (χ3v) is 7.91. The zero-order valence-electron chi connectivity index (χ0n) is 24.4. The van der Waals surface area contributed by atoms with Crippen LogP contribution in [0.1, 0.15) is 43.7 Å². The van der Waals surface area contributed by atoms with Gasteiger partial charge in [-0.15, -0.1) is 0 Å². The minimum absolute atomic E-state index is 0.121. The Morgan fingerprint density at radius 3 is 2.42 bits per heavy atom. The maximum Gasteiger partial charge on any atom is 0.337 e. The maximum absolute atomic E-state index is 13.6. The molecular formula is C33H34ClN3O6. The number of carbonyl (C=O) groups excluding carboxylic acids is 2. The lowest BCUT2D eigenvalue weighted by atomic mass is 10.0. The number of piperazine rings is 1. The van der Waals surface area contributed by atoms with Crippen LogP contribution in [0.4, 0.5) is 0 Å². The fourth-order valence-electron chi connectivity index (χ4n) is 5.14. The molecule has 0 bridgehead atoms. The lowest BCUT2D eigenvalue weighted by molar-refractivity contribution is 0.00331. The monoisotopic (exact) mass is 603 g/mol. The van der Waals surface area contributed by atoms with Gasteiger partial charge in [-0.3, -0.25) is 9.69 Å². The van der Waals surface area contributed by atoms with Crippen molar-refractivity contribution in [3.63, 3.8) is 0 Å². The van der Waals surface area contributed by atoms with Crippen LogP contribution < -0.4 is 4.74 Å². The molecule has 1 amide bonds. The van der Waals surface area contributed by atoms with E-state index in [-0.39, 0.29) is 18.0 Å². The van der Waals surface area contributed by atoms with Crippen molar-refractivity contribution in [3.05, 3.63) is 106 Å². The van der Waals surface area contributed by atoms with Crippen molar-refractivity contribution >= 4 is 23.5 Å². The Hall–Kier alpha value is -4.18. The Morgan fingerprint density at radius 1 is 0.977 bits per heavy atom. The summed E-state index contributed by atoms with van der Waals surface area (Å²) in [5, 5.41) is 4.67. The average Bonchev–Trinajstić information content (AvgIpc) is 3.43. The van der Waals surface area contributed by atoms with E-state index in [1.807, 2.05) is 59.5 Å². The molecule has 1 saturated heterocycles. The lowest BCUT2D eigenvalue weighted by Gasteiger charge is -2.36. The van der Waals surface area contributed by atoms with Crippen LogP contribution in [-0.2, 0) is 16.1 Å². The van der Waals surface area contributed by atoms with Gasteiger partial charge in [0, 0.05) is 38.3 Å². The van der Waals surface area contributed by atoms with E-state index in [1.54, 1.807) is 32.2 Å². The van der Waals surface area contributed by atoms with Crippen LogP contribution in [0.15, 0.2) is 77.3 Å². The summed E-state index contributed by atoms with van der Waals surface area (Å²) in [5.41, 5.74) is 3.99. The average molecular weight is 604 g/mol. The number of nitrogens with zero attached hydrogens (tertiary/aromatic N) is 3. The van der Waals surface area contributed by atoms with Crippen LogP contribution in [0.25, 0.3) is 11.3 Å². The van der Waals surface area contributed by atoms with Crippen molar-refractivity contribution in [1.82, 2.24) is 15.0 Å². The van der Waals surface area contributed by atoms with Crippen molar-refractivity contribution < 1.29 is 28.3 Å². The minimum Gasteiger partial charge on any atom is -0.497 e. The molecule has 1 aromatic heterocycles. The smallest absolute Gasteiger partial charge is 0.337 e. The Labute approximate surface area is 255 Å². The fourth-order valence-corrected chi connectivity index (χ4v) is 5.36.